The van der Waals surface area contributed by atoms with Gasteiger partial charge in [0.15, 0.2) is 11.6 Å². The van der Waals surface area contributed by atoms with Crippen LogP contribution < -0.4 is 0 Å². The van der Waals surface area contributed by atoms with E-state index in [9.17, 15) is 0 Å². The maximum absolute atomic E-state index is 5.09. The number of fused-ring (bicyclic) bond motifs is 6. The number of benzene rings is 8. The van der Waals surface area contributed by atoms with E-state index in [2.05, 4.69) is 180 Å². The molecule has 0 spiro atoms. The van der Waals surface area contributed by atoms with Crippen LogP contribution in [0.5, 0.6) is 0 Å². The zero-order valence-electron chi connectivity index (χ0n) is 34.7. The Bertz CT molecular complexity index is 3560. The standard InChI is InChI=1S/C58H41N5/c1-3-5-16-39(4-2)56-59-57(44-17-8-6-9-18-44)61-58(60-56)63-53-24-15-13-22-49(53)51-38-46(34-36-55(51)63)43-31-27-41(28-32-43)40-25-29-42(30-26-40)45-33-35-54-50(37-45)48-21-12-14-23-52(48)62(54)47-19-10-7-11-20-47/h3-38H,1H2,2H3/b16-5-,39-4+. The molecule has 0 fully saturated rings. The van der Waals surface area contributed by atoms with E-state index in [1.54, 1.807) is 6.08 Å². The van der Waals surface area contributed by atoms with Gasteiger partial charge >= 0.3 is 0 Å². The van der Waals surface area contributed by atoms with Crippen LogP contribution in [-0.2, 0) is 0 Å². The lowest BCUT2D eigenvalue weighted by molar-refractivity contribution is 0.932. The molecular formula is C58H41N5. The van der Waals surface area contributed by atoms with Gasteiger partial charge in [0, 0.05) is 38.4 Å². The summed E-state index contributed by atoms with van der Waals surface area (Å²) in [6, 6.07) is 69.2. The average molecular weight is 808 g/mol. The van der Waals surface area contributed by atoms with E-state index in [4.69, 9.17) is 15.0 Å². The quantitative estimate of drug-likeness (QED) is 0.137. The second-order valence-corrected chi connectivity index (χ2v) is 15.6. The van der Waals surface area contributed by atoms with E-state index < -0.39 is 0 Å². The lowest BCUT2D eigenvalue weighted by Gasteiger charge is -2.11. The van der Waals surface area contributed by atoms with Crippen molar-refractivity contribution >= 4 is 49.2 Å². The van der Waals surface area contributed by atoms with Gasteiger partial charge < -0.3 is 4.57 Å². The summed E-state index contributed by atoms with van der Waals surface area (Å²) < 4.78 is 4.51. The Morgan fingerprint density at radius 1 is 0.429 bits per heavy atom. The largest absolute Gasteiger partial charge is 0.309 e. The zero-order valence-corrected chi connectivity index (χ0v) is 34.7. The van der Waals surface area contributed by atoms with E-state index in [0.717, 1.165) is 44.1 Å². The number of hydrogen-bond donors (Lipinski definition) is 0. The first-order valence-corrected chi connectivity index (χ1v) is 21.3. The minimum Gasteiger partial charge on any atom is -0.309 e. The zero-order chi connectivity index (χ0) is 42.3. The van der Waals surface area contributed by atoms with Crippen LogP contribution >= 0.6 is 0 Å². The van der Waals surface area contributed by atoms with Gasteiger partial charge in [-0.25, -0.2) is 4.98 Å². The normalized spacial score (nSPS) is 12.0. The Morgan fingerprint density at radius 3 is 1.44 bits per heavy atom. The fourth-order valence-corrected chi connectivity index (χ4v) is 8.87. The maximum Gasteiger partial charge on any atom is 0.238 e. The predicted octanol–water partition coefficient (Wildman–Crippen LogP) is 14.9. The second kappa shape index (κ2) is 15.9. The van der Waals surface area contributed by atoms with E-state index in [0.29, 0.717) is 17.6 Å². The van der Waals surface area contributed by atoms with Crippen molar-refractivity contribution in [3.63, 3.8) is 0 Å². The van der Waals surface area contributed by atoms with Crippen molar-refractivity contribution in [3.05, 3.63) is 231 Å². The summed E-state index contributed by atoms with van der Waals surface area (Å²) in [5, 5.41) is 4.77. The molecule has 8 aromatic carbocycles. The van der Waals surface area contributed by atoms with Gasteiger partial charge in [-0.05, 0) is 88.8 Å². The van der Waals surface area contributed by atoms with E-state index >= 15 is 0 Å². The molecule has 0 amide bonds. The van der Waals surface area contributed by atoms with Crippen LogP contribution in [0.1, 0.15) is 12.7 Å². The monoisotopic (exact) mass is 807 g/mol. The third-order valence-electron chi connectivity index (χ3n) is 12.0. The van der Waals surface area contributed by atoms with Crippen LogP contribution in [0.3, 0.4) is 0 Å². The molecular weight excluding hydrogens is 767 g/mol. The molecule has 0 radical (unpaired) electrons. The average Bonchev–Trinajstić information content (AvgIpc) is 3.87. The van der Waals surface area contributed by atoms with Gasteiger partial charge in [-0.15, -0.1) is 0 Å². The van der Waals surface area contributed by atoms with Gasteiger partial charge in [0.2, 0.25) is 5.95 Å². The molecule has 0 saturated carbocycles. The number of hydrogen-bond acceptors (Lipinski definition) is 3. The van der Waals surface area contributed by atoms with Gasteiger partial charge in [0.05, 0.1) is 22.1 Å². The van der Waals surface area contributed by atoms with Gasteiger partial charge in [-0.3, -0.25) is 4.57 Å². The van der Waals surface area contributed by atoms with Crippen molar-refractivity contribution in [3.8, 4) is 56.4 Å². The second-order valence-electron chi connectivity index (χ2n) is 15.6. The van der Waals surface area contributed by atoms with Crippen molar-refractivity contribution in [2.24, 2.45) is 0 Å². The molecule has 0 aliphatic carbocycles. The Hall–Kier alpha value is -8.41. The van der Waals surface area contributed by atoms with Crippen LogP contribution in [0, 0.1) is 0 Å². The van der Waals surface area contributed by atoms with E-state index in [1.807, 2.05) is 55.5 Å². The summed E-state index contributed by atoms with van der Waals surface area (Å²) in [6.45, 7) is 5.85. The highest BCUT2D eigenvalue weighted by Crippen LogP contribution is 2.38. The molecule has 11 rings (SSSR count). The Kier molecular flexibility index (Phi) is 9.48. The van der Waals surface area contributed by atoms with Crippen LogP contribution in [0.2, 0.25) is 0 Å². The number of allylic oxidation sites excluding steroid dienone is 5. The predicted molar refractivity (Wildman–Crippen MR) is 263 cm³/mol. The highest BCUT2D eigenvalue weighted by molar-refractivity contribution is 6.11. The third kappa shape index (κ3) is 6.73. The van der Waals surface area contributed by atoms with Crippen molar-refractivity contribution in [1.82, 2.24) is 24.1 Å². The molecule has 0 bridgehead atoms. The minimum absolute atomic E-state index is 0.565. The molecule has 0 atom stereocenters. The molecule has 0 saturated heterocycles. The summed E-state index contributed by atoms with van der Waals surface area (Å²) in [4.78, 5) is 15.1. The van der Waals surface area contributed by atoms with Crippen LogP contribution in [-0.4, -0.2) is 24.1 Å². The van der Waals surface area contributed by atoms with Crippen molar-refractivity contribution < 1.29 is 0 Å². The highest BCUT2D eigenvalue weighted by atomic mass is 15.2. The highest BCUT2D eigenvalue weighted by Gasteiger charge is 2.19. The molecule has 0 unspecified atom stereocenters. The van der Waals surface area contributed by atoms with Crippen molar-refractivity contribution in [2.45, 2.75) is 6.92 Å². The molecule has 63 heavy (non-hydrogen) atoms. The number of aromatic nitrogens is 5. The summed E-state index contributed by atoms with van der Waals surface area (Å²) in [5.74, 6) is 1.78. The third-order valence-corrected chi connectivity index (χ3v) is 12.0. The molecule has 0 aliphatic rings. The first kappa shape index (κ1) is 37.6. The Morgan fingerprint density at radius 2 is 0.889 bits per heavy atom. The first-order valence-electron chi connectivity index (χ1n) is 21.3. The molecule has 298 valence electrons. The Labute approximate surface area is 365 Å². The van der Waals surface area contributed by atoms with Crippen LogP contribution in [0.4, 0.5) is 0 Å². The molecule has 11 aromatic rings. The minimum atomic E-state index is 0.565. The number of rotatable bonds is 9. The van der Waals surface area contributed by atoms with Gasteiger partial charge in [0.25, 0.3) is 0 Å². The fraction of sp³-hybridized carbons (Fsp3) is 0.0172. The number of nitrogens with zero attached hydrogens (tertiary/aromatic N) is 5. The lowest BCUT2D eigenvalue weighted by Crippen LogP contribution is -2.07. The van der Waals surface area contributed by atoms with Crippen molar-refractivity contribution in [2.75, 3.05) is 0 Å². The van der Waals surface area contributed by atoms with E-state index in [1.165, 1.54) is 49.7 Å². The first-order chi connectivity index (χ1) is 31.1. The summed E-state index contributed by atoms with van der Waals surface area (Å²) in [5.41, 5.74) is 14.5. The molecule has 3 aromatic heterocycles. The molecule has 0 N–H and O–H groups in total. The van der Waals surface area contributed by atoms with E-state index in [-0.39, 0.29) is 0 Å². The summed E-state index contributed by atoms with van der Waals surface area (Å²) in [7, 11) is 0. The Balaban J connectivity index is 0.920. The fourth-order valence-electron chi connectivity index (χ4n) is 8.87. The molecule has 3 heterocycles. The van der Waals surface area contributed by atoms with Gasteiger partial charge in [0.1, 0.15) is 0 Å². The maximum atomic E-state index is 5.09. The number of para-hydroxylation sites is 3. The smallest absolute Gasteiger partial charge is 0.238 e. The van der Waals surface area contributed by atoms with Gasteiger partial charge in [-0.2, -0.15) is 9.97 Å². The van der Waals surface area contributed by atoms with Crippen LogP contribution in [0.15, 0.2) is 225 Å². The lowest BCUT2D eigenvalue weighted by atomic mass is 9.97. The van der Waals surface area contributed by atoms with Crippen LogP contribution in [0.25, 0.3) is 106 Å². The molecule has 5 nitrogen and oxygen atoms in total. The SMILES string of the molecule is C=C/C=C\C(=C/C)c1nc(-c2ccccc2)nc(-n2c3ccccc3c3cc(-c4ccc(-c5ccc(-c6ccc7c(c6)c6ccccc6n7-c6ccccc6)cc5)cc4)ccc32)n1. The molecule has 5 heteroatoms. The summed E-state index contributed by atoms with van der Waals surface area (Å²) in [6.07, 6.45) is 7.65. The van der Waals surface area contributed by atoms with Gasteiger partial charge in [-0.1, -0.05) is 176 Å². The molecule has 0 aliphatic heterocycles. The topological polar surface area (TPSA) is 48.5 Å². The van der Waals surface area contributed by atoms with Crippen molar-refractivity contribution in [1.29, 1.82) is 0 Å². The summed E-state index contributed by atoms with van der Waals surface area (Å²) >= 11 is 0.